The number of hydrogen-bond donors (Lipinski definition) is 2. The Balaban J connectivity index is 1.64. The van der Waals surface area contributed by atoms with Crippen LogP contribution in [0.15, 0.2) is 78.0 Å². The van der Waals surface area contributed by atoms with Crippen LogP contribution >= 0.6 is 11.8 Å². The van der Waals surface area contributed by atoms with Crippen molar-refractivity contribution in [3.8, 4) is 28.3 Å². The van der Waals surface area contributed by atoms with Crippen LogP contribution in [0.1, 0.15) is 17.1 Å². The van der Waals surface area contributed by atoms with E-state index in [9.17, 15) is 22.0 Å². The zero-order chi connectivity index (χ0) is 28.8. The molecule has 0 amide bonds. The van der Waals surface area contributed by atoms with E-state index in [0.717, 1.165) is 28.4 Å². The molecule has 4 aromatic rings. The fraction of sp³-hybridized carbons (Fsp3) is 0.148. The first kappa shape index (κ1) is 27.3. The van der Waals surface area contributed by atoms with Crippen LogP contribution < -0.4 is 26.1 Å². The molecule has 0 saturated carbocycles. The summed E-state index contributed by atoms with van der Waals surface area (Å²) in [6.45, 7) is 1.44. The van der Waals surface area contributed by atoms with Gasteiger partial charge in [-0.15, -0.1) is 20.5 Å². The Bertz CT molecular complexity index is 1620. The zero-order valence-corrected chi connectivity index (χ0v) is 21.9. The highest BCUT2D eigenvalue weighted by Crippen LogP contribution is 2.43. The first-order valence-electron chi connectivity index (χ1n) is 11.7. The van der Waals surface area contributed by atoms with Gasteiger partial charge in [-0.2, -0.15) is 13.2 Å². The smallest absolute Gasteiger partial charge is 0.403 e. The Morgan fingerprint density at radius 2 is 1.75 bits per heavy atom. The highest BCUT2D eigenvalue weighted by molar-refractivity contribution is 7.98. The maximum Gasteiger partial charge on any atom is 0.586 e. The zero-order valence-electron chi connectivity index (χ0n) is 21.0. The van der Waals surface area contributed by atoms with Crippen molar-refractivity contribution in [2.24, 2.45) is 11.6 Å². The molecule has 5 rings (SSSR count). The first-order valence-corrected chi connectivity index (χ1v) is 12.9. The molecule has 40 heavy (non-hydrogen) atoms. The maximum absolute atomic E-state index is 13.6. The Labute approximate surface area is 229 Å². The van der Waals surface area contributed by atoms with Gasteiger partial charge in [-0.05, 0) is 66.8 Å². The molecule has 0 spiro atoms. The second-order valence-electron chi connectivity index (χ2n) is 8.73. The minimum absolute atomic E-state index is 0.0719. The normalized spacial score (nSPS) is 14.4. The van der Waals surface area contributed by atoms with Crippen molar-refractivity contribution < 1.29 is 31.4 Å². The van der Waals surface area contributed by atoms with Crippen LogP contribution in [0, 0.1) is 6.92 Å². The van der Waals surface area contributed by atoms with Gasteiger partial charge in [0, 0.05) is 22.9 Å². The second kappa shape index (κ2) is 10.1. The average molecular weight is 576 g/mol. The summed E-state index contributed by atoms with van der Waals surface area (Å²) < 4.78 is 77.9. The van der Waals surface area contributed by atoms with Gasteiger partial charge >= 0.3 is 12.5 Å². The van der Waals surface area contributed by atoms with Gasteiger partial charge in [0.15, 0.2) is 17.2 Å². The monoisotopic (exact) mass is 575 g/mol. The second-order valence-corrected chi connectivity index (χ2v) is 9.61. The number of aromatic nitrogens is 2. The van der Waals surface area contributed by atoms with Crippen LogP contribution in [0.4, 0.5) is 27.6 Å². The number of thioether (sulfide) groups is 1. The molecule has 0 atom stereocenters. The van der Waals surface area contributed by atoms with Crippen molar-refractivity contribution in [1.82, 2.24) is 9.55 Å². The molecule has 13 heteroatoms. The Hall–Kier alpha value is -4.23. The number of imidazole rings is 1. The molecule has 1 aliphatic heterocycles. The van der Waals surface area contributed by atoms with E-state index in [0.29, 0.717) is 5.56 Å². The molecule has 7 nitrogen and oxygen atoms in total. The number of anilines is 1. The fourth-order valence-electron chi connectivity index (χ4n) is 4.31. The van der Waals surface area contributed by atoms with Crippen LogP contribution in [0.25, 0.3) is 22.5 Å². The predicted molar refractivity (Wildman–Crippen MR) is 142 cm³/mol. The molecule has 0 fully saturated rings. The van der Waals surface area contributed by atoms with Crippen molar-refractivity contribution in [3.63, 3.8) is 0 Å². The maximum atomic E-state index is 13.6. The van der Waals surface area contributed by atoms with Gasteiger partial charge in [0.1, 0.15) is 5.82 Å². The fourth-order valence-corrected chi connectivity index (χ4v) is 4.77. The lowest BCUT2D eigenvalue weighted by Crippen LogP contribution is -2.31. The Morgan fingerprint density at radius 3 is 2.42 bits per heavy atom. The summed E-state index contributed by atoms with van der Waals surface area (Å²) in [5.41, 5.74) is 7.43. The molecule has 1 aliphatic rings. The third-order valence-corrected chi connectivity index (χ3v) is 6.91. The van der Waals surface area contributed by atoms with Gasteiger partial charge in [0.2, 0.25) is 0 Å². The summed E-state index contributed by atoms with van der Waals surface area (Å²) >= 11 is 1.56. The molecule has 0 bridgehead atoms. The summed E-state index contributed by atoms with van der Waals surface area (Å²) in [7, 11) is 0. The molecular formula is C27H22F5N5O2S. The molecule has 0 unspecified atom stereocenters. The predicted octanol–water partition coefficient (Wildman–Crippen LogP) is 6.55. The number of nitrogens with two attached hydrogens (primary N) is 2. The quantitative estimate of drug-likeness (QED) is 0.117. The topological polar surface area (TPSA) is 91.6 Å². The number of aryl methyl sites for hydroxylation is 1. The molecule has 0 saturated heterocycles. The van der Waals surface area contributed by atoms with Crippen LogP contribution in [0.3, 0.4) is 0 Å². The highest BCUT2D eigenvalue weighted by atomic mass is 32.2. The van der Waals surface area contributed by atoms with Gasteiger partial charge in [-0.25, -0.2) is 10.8 Å². The number of nitrogens with zero attached hydrogens (tertiary/aromatic N) is 3. The highest BCUT2D eigenvalue weighted by Gasteiger charge is 2.43. The number of rotatable bonds is 6. The van der Waals surface area contributed by atoms with E-state index in [2.05, 4.69) is 14.5 Å². The van der Waals surface area contributed by atoms with Crippen molar-refractivity contribution in [1.29, 1.82) is 0 Å². The summed E-state index contributed by atoms with van der Waals surface area (Å²) in [5, 5.41) is 1.17. The molecule has 3 aromatic carbocycles. The summed E-state index contributed by atoms with van der Waals surface area (Å²) in [6.07, 6.45) is -4.51. The molecule has 0 radical (unpaired) electrons. The molecule has 0 aliphatic carbocycles. The van der Waals surface area contributed by atoms with E-state index in [4.69, 9.17) is 11.6 Å². The molecule has 2 heterocycles. The van der Waals surface area contributed by atoms with Crippen molar-refractivity contribution in [2.45, 2.75) is 24.3 Å². The average Bonchev–Trinajstić information content (AvgIpc) is 3.46. The first-order chi connectivity index (χ1) is 18.9. The van der Waals surface area contributed by atoms with Crippen molar-refractivity contribution >= 4 is 23.1 Å². The molecular weight excluding hydrogens is 553 g/mol. The van der Waals surface area contributed by atoms with Gasteiger partial charge < -0.3 is 19.8 Å². The Morgan fingerprint density at radius 1 is 1.02 bits per heavy atom. The molecule has 1 aromatic heterocycles. The van der Waals surface area contributed by atoms with E-state index in [1.807, 2.05) is 30.5 Å². The number of alkyl halides is 5. The number of ether oxygens (including phenoxy) is 2. The molecule has 4 N–H and O–H groups in total. The SMILES string of the molecule is CSc1cccc(-c2ccc(-n3cc(C(F)(F)F)nc3C)c(N(N)/C(=C\N)c3ccc4c(c3)OC(F)(F)O4)c2)c1. The lowest BCUT2D eigenvalue weighted by molar-refractivity contribution is -0.286. The molecule has 208 valence electrons. The number of hydrogen-bond acceptors (Lipinski definition) is 7. The summed E-state index contributed by atoms with van der Waals surface area (Å²) in [6, 6.07) is 16.8. The number of benzene rings is 3. The van der Waals surface area contributed by atoms with Crippen molar-refractivity contribution in [3.05, 3.63) is 90.1 Å². The third kappa shape index (κ3) is 5.17. The van der Waals surface area contributed by atoms with E-state index in [-0.39, 0.29) is 34.4 Å². The summed E-state index contributed by atoms with van der Waals surface area (Å²) in [5.74, 6) is 6.25. The van der Waals surface area contributed by atoms with E-state index < -0.39 is 18.2 Å². The summed E-state index contributed by atoms with van der Waals surface area (Å²) in [4.78, 5) is 4.68. The lowest BCUT2D eigenvalue weighted by atomic mass is 10.0. The van der Waals surface area contributed by atoms with Gasteiger partial charge in [0.25, 0.3) is 0 Å². The van der Waals surface area contributed by atoms with E-state index in [1.54, 1.807) is 30.0 Å². The number of fused-ring (bicyclic) bond motifs is 1. The third-order valence-electron chi connectivity index (χ3n) is 6.18. The Kier molecular flexibility index (Phi) is 6.88. The lowest BCUT2D eigenvalue weighted by Gasteiger charge is -2.26. The van der Waals surface area contributed by atoms with Gasteiger partial charge in [-0.3, -0.25) is 5.01 Å². The van der Waals surface area contributed by atoms with Crippen LogP contribution in [0.2, 0.25) is 0 Å². The van der Waals surface area contributed by atoms with E-state index in [1.165, 1.54) is 34.7 Å². The van der Waals surface area contributed by atoms with Crippen molar-refractivity contribution in [2.75, 3.05) is 11.3 Å². The van der Waals surface area contributed by atoms with Crippen LogP contribution in [-0.2, 0) is 6.18 Å². The minimum Gasteiger partial charge on any atom is -0.403 e. The van der Waals surface area contributed by atoms with Gasteiger partial charge in [0.05, 0.1) is 17.1 Å². The van der Waals surface area contributed by atoms with Crippen LogP contribution in [-0.4, -0.2) is 22.1 Å². The number of hydrazine groups is 1. The largest absolute Gasteiger partial charge is 0.586 e. The van der Waals surface area contributed by atoms with Gasteiger partial charge in [-0.1, -0.05) is 18.2 Å². The van der Waals surface area contributed by atoms with E-state index >= 15 is 0 Å². The number of halogens is 5. The van der Waals surface area contributed by atoms with Crippen LogP contribution in [0.5, 0.6) is 11.5 Å². The standard InChI is InChI=1S/C27H22F5N5O2S/c1-15-35-25(26(28,29)30)14-36(15)20-8-6-17(16-4-3-5-19(10-16)40-2)11-21(20)37(34)22(13-33)18-7-9-23-24(12-18)39-27(31,32)38-23/h3-14H,33-34H2,1-2H3/b22-13-. The minimum atomic E-state index is -4.66.